The van der Waals surface area contributed by atoms with Crippen molar-refractivity contribution in [3.8, 4) is 0 Å². The quantitative estimate of drug-likeness (QED) is 0.565. The number of carbonyl (C=O) groups excluding carboxylic acids is 2. The third kappa shape index (κ3) is 6.55. The largest absolute Gasteiger partial charge is 0.459 e. The zero-order chi connectivity index (χ0) is 19.6. The highest BCUT2D eigenvalue weighted by atomic mass is 16.6. The first-order valence-electron chi connectivity index (χ1n) is 9.53. The fraction of sp³-hybridized carbons (Fsp3) is 0.391. The van der Waals surface area contributed by atoms with Crippen molar-refractivity contribution in [2.45, 2.75) is 52.2 Å². The second kappa shape index (κ2) is 10.5. The SMILES string of the molecule is CCCC(CC(OC(=O)c1ccccc1)C(C)C)OC(=O)c1ccccc1. The van der Waals surface area contributed by atoms with E-state index in [-0.39, 0.29) is 30.1 Å². The van der Waals surface area contributed by atoms with Gasteiger partial charge in [-0.05, 0) is 36.6 Å². The number of carbonyl (C=O) groups is 2. The Kier molecular flexibility index (Phi) is 8.05. The molecule has 2 rings (SSSR count). The predicted octanol–water partition coefficient (Wildman–Crippen LogP) is 5.28. The van der Waals surface area contributed by atoms with Crippen LogP contribution in [-0.2, 0) is 9.47 Å². The van der Waals surface area contributed by atoms with E-state index >= 15 is 0 Å². The topological polar surface area (TPSA) is 52.6 Å². The van der Waals surface area contributed by atoms with Crippen LogP contribution in [0.2, 0.25) is 0 Å². The first kappa shape index (κ1) is 20.7. The van der Waals surface area contributed by atoms with Crippen molar-refractivity contribution in [1.29, 1.82) is 0 Å². The summed E-state index contributed by atoms with van der Waals surface area (Å²) >= 11 is 0. The monoisotopic (exact) mass is 368 g/mol. The highest BCUT2D eigenvalue weighted by Gasteiger charge is 2.26. The molecular weight excluding hydrogens is 340 g/mol. The fourth-order valence-electron chi connectivity index (χ4n) is 2.84. The lowest BCUT2D eigenvalue weighted by Gasteiger charge is -2.26. The number of ether oxygens (including phenoxy) is 2. The molecule has 2 unspecified atom stereocenters. The van der Waals surface area contributed by atoms with E-state index < -0.39 is 0 Å². The van der Waals surface area contributed by atoms with E-state index in [1.54, 1.807) is 24.3 Å². The third-order valence-corrected chi connectivity index (χ3v) is 4.40. The van der Waals surface area contributed by atoms with E-state index in [4.69, 9.17) is 9.47 Å². The molecule has 0 bridgehead atoms. The summed E-state index contributed by atoms with van der Waals surface area (Å²) < 4.78 is 11.4. The van der Waals surface area contributed by atoms with E-state index in [1.807, 2.05) is 57.2 Å². The Morgan fingerprint density at radius 1 is 0.815 bits per heavy atom. The Bertz CT molecular complexity index is 710. The highest BCUT2D eigenvalue weighted by molar-refractivity contribution is 5.90. The van der Waals surface area contributed by atoms with Crippen LogP contribution in [0.25, 0.3) is 0 Å². The normalized spacial score (nSPS) is 13.0. The maximum absolute atomic E-state index is 12.4. The molecule has 0 saturated heterocycles. The molecule has 0 amide bonds. The van der Waals surface area contributed by atoms with Crippen LogP contribution >= 0.6 is 0 Å². The molecule has 2 aromatic rings. The maximum Gasteiger partial charge on any atom is 0.338 e. The molecule has 0 saturated carbocycles. The lowest BCUT2D eigenvalue weighted by atomic mass is 9.98. The van der Waals surface area contributed by atoms with Gasteiger partial charge in [0.25, 0.3) is 0 Å². The molecule has 0 aliphatic carbocycles. The molecule has 4 nitrogen and oxygen atoms in total. The van der Waals surface area contributed by atoms with Crippen molar-refractivity contribution in [3.05, 3.63) is 71.8 Å². The minimum Gasteiger partial charge on any atom is -0.459 e. The minimum absolute atomic E-state index is 0.118. The van der Waals surface area contributed by atoms with Crippen molar-refractivity contribution >= 4 is 11.9 Å². The van der Waals surface area contributed by atoms with E-state index in [2.05, 4.69) is 0 Å². The summed E-state index contributed by atoms with van der Waals surface area (Å²) in [6.07, 6.45) is 1.48. The Morgan fingerprint density at radius 2 is 1.30 bits per heavy atom. The van der Waals surface area contributed by atoms with Gasteiger partial charge in [-0.1, -0.05) is 63.6 Å². The molecule has 2 atom stereocenters. The zero-order valence-corrected chi connectivity index (χ0v) is 16.3. The molecule has 0 aliphatic rings. The van der Waals surface area contributed by atoms with Gasteiger partial charge in [-0.15, -0.1) is 0 Å². The maximum atomic E-state index is 12.4. The molecule has 0 radical (unpaired) electrons. The smallest absolute Gasteiger partial charge is 0.338 e. The highest BCUT2D eigenvalue weighted by Crippen LogP contribution is 2.21. The van der Waals surface area contributed by atoms with Gasteiger partial charge >= 0.3 is 11.9 Å². The summed E-state index contributed by atoms with van der Waals surface area (Å²) in [6.45, 7) is 6.06. The molecule has 0 aromatic heterocycles. The summed E-state index contributed by atoms with van der Waals surface area (Å²) in [5, 5.41) is 0. The average Bonchev–Trinajstić information content (AvgIpc) is 2.68. The number of hydrogen-bond acceptors (Lipinski definition) is 4. The van der Waals surface area contributed by atoms with Gasteiger partial charge in [0.15, 0.2) is 0 Å². The zero-order valence-electron chi connectivity index (χ0n) is 16.3. The second-order valence-corrected chi connectivity index (χ2v) is 6.97. The van der Waals surface area contributed by atoms with Crippen molar-refractivity contribution in [1.82, 2.24) is 0 Å². The Balaban J connectivity index is 2.04. The Hall–Kier alpha value is -2.62. The van der Waals surface area contributed by atoms with E-state index in [0.29, 0.717) is 17.5 Å². The second-order valence-electron chi connectivity index (χ2n) is 6.97. The van der Waals surface area contributed by atoms with Crippen LogP contribution in [0.4, 0.5) is 0 Å². The molecule has 0 fully saturated rings. The van der Waals surface area contributed by atoms with E-state index in [9.17, 15) is 9.59 Å². The van der Waals surface area contributed by atoms with Crippen molar-refractivity contribution in [2.24, 2.45) is 5.92 Å². The van der Waals surface area contributed by atoms with E-state index in [1.165, 1.54) is 0 Å². The Morgan fingerprint density at radius 3 is 1.74 bits per heavy atom. The van der Waals surface area contributed by atoms with Crippen LogP contribution < -0.4 is 0 Å². The van der Waals surface area contributed by atoms with Gasteiger partial charge in [-0.3, -0.25) is 0 Å². The Labute approximate surface area is 161 Å². The third-order valence-electron chi connectivity index (χ3n) is 4.40. The molecule has 4 heteroatoms. The summed E-state index contributed by atoms with van der Waals surface area (Å²) in [5.41, 5.74) is 1.05. The van der Waals surface area contributed by atoms with Crippen molar-refractivity contribution < 1.29 is 19.1 Å². The van der Waals surface area contributed by atoms with Crippen molar-refractivity contribution in [3.63, 3.8) is 0 Å². The van der Waals surface area contributed by atoms with E-state index in [0.717, 1.165) is 12.8 Å². The van der Waals surface area contributed by atoms with Crippen LogP contribution in [-0.4, -0.2) is 24.1 Å². The molecule has 0 N–H and O–H groups in total. The summed E-state index contributed by atoms with van der Waals surface area (Å²) in [5.74, 6) is -0.572. The molecule has 0 spiro atoms. The summed E-state index contributed by atoms with van der Waals surface area (Å²) in [6, 6.07) is 17.9. The molecule has 27 heavy (non-hydrogen) atoms. The standard InChI is InChI=1S/C23H28O4/c1-4-11-20(26-22(24)18-12-7-5-8-13-18)16-21(17(2)3)27-23(25)19-14-9-6-10-15-19/h5-10,12-15,17,20-21H,4,11,16H2,1-3H3. The van der Waals surface area contributed by atoms with Crippen LogP contribution in [0, 0.1) is 5.92 Å². The fourth-order valence-corrected chi connectivity index (χ4v) is 2.84. The minimum atomic E-state index is -0.348. The van der Waals surface area contributed by atoms with Crippen LogP contribution in [0.1, 0.15) is 60.7 Å². The lowest BCUT2D eigenvalue weighted by molar-refractivity contribution is -0.0133. The van der Waals surface area contributed by atoms with Gasteiger partial charge in [0.05, 0.1) is 11.1 Å². The van der Waals surface area contributed by atoms with Crippen LogP contribution in [0.15, 0.2) is 60.7 Å². The molecule has 144 valence electrons. The molecular formula is C23H28O4. The summed E-state index contributed by atoms with van der Waals surface area (Å²) in [7, 11) is 0. The molecule has 0 aliphatic heterocycles. The number of esters is 2. The number of hydrogen-bond donors (Lipinski definition) is 0. The number of rotatable bonds is 9. The van der Waals surface area contributed by atoms with Crippen LogP contribution in [0.5, 0.6) is 0 Å². The first-order chi connectivity index (χ1) is 13.0. The molecule has 2 aromatic carbocycles. The first-order valence-corrected chi connectivity index (χ1v) is 9.53. The van der Waals surface area contributed by atoms with Crippen LogP contribution in [0.3, 0.4) is 0 Å². The average molecular weight is 368 g/mol. The molecule has 0 heterocycles. The van der Waals surface area contributed by atoms with Gasteiger partial charge < -0.3 is 9.47 Å². The van der Waals surface area contributed by atoms with Gasteiger partial charge in [0, 0.05) is 6.42 Å². The van der Waals surface area contributed by atoms with Crippen molar-refractivity contribution in [2.75, 3.05) is 0 Å². The van der Waals surface area contributed by atoms with Gasteiger partial charge in [0.2, 0.25) is 0 Å². The van der Waals surface area contributed by atoms with Gasteiger partial charge in [-0.25, -0.2) is 9.59 Å². The van der Waals surface area contributed by atoms with Gasteiger partial charge in [-0.2, -0.15) is 0 Å². The lowest BCUT2D eigenvalue weighted by Crippen LogP contribution is -2.31. The number of benzene rings is 2. The van der Waals surface area contributed by atoms with Gasteiger partial charge in [0.1, 0.15) is 12.2 Å². The predicted molar refractivity (Wildman–Crippen MR) is 106 cm³/mol. The summed E-state index contributed by atoms with van der Waals surface area (Å²) in [4.78, 5) is 24.8.